The van der Waals surface area contributed by atoms with E-state index in [0.29, 0.717) is 17.7 Å². The maximum Gasteiger partial charge on any atom is 0.163 e. The van der Waals surface area contributed by atoms with Gasteiger partial charge in [-0.1, -0.05) is 30.7 Å². The molecule has 1 aliphatic heterocycles. The van der Waals surface area contributed by atoms with E-state index in [9.17, 15) is 0 Å². The molecule has 1 aromatic rings. The minimum absolute atomic E-state index is 0.189. The van der Waals surface area contributed by atoms with Crippen molar-refractivity contribution in [3.63, 3.8) is 0 Å². The molecule has 1 saturated heterocycles. The lowest BCUT2D eigenvalue weighted by molar-refractivity contribution is -0.139. The van der Waals surface area contributed by atoms with Gasteiger partial charge in [-0.05, 0) is 62.6 Å². The molecule has 2 atom stereocenters. The van der Waals surface area contributed by atoms with E-state index in [0.717, 1.165) is 36.9 Å². The van der Waals surface area contributed by atoms with Crippen LogP contribution in [0.3, 0.4) is 0 Å². The molecule has 3 rings (SSSR count). The summed E-state index contributed by atoms with van der Waals surface area (Å²) < 4.78 is 11.6. The molecule has 0 bridgehead atoms. The van der Waals surface area contributed by atoms with E-state index in [1.165, 1.54) is 5.56 Å². The highest BCUT2D eigenvalue weighted by Gasteiger charge is 2.33. The van der Waals surface area contributed by atoms with E-state index in [2.05, 4.69) is 30.1 Å². The third kappa shape index (κ3) is 3.53. The Kier molecular flexibility index (Phi) is 4.58. The van der Waals surface area contributed by atoms with Gasteiger partial charge in [0, 0.05) is 5.69 Å². The van der Waals surface area contributed by atoms with Gasteiger partial charge in [-0.3, -0.25) is 0 Å². The minimum Gasteiger partial charge on any atom is -0.348 e. The molecule has 2 heterocycles. The Hall–Kier alpha value is -0.900. The van der Waals surface area contributed by atoms with Gasteiger partial charge in [0.05, 0.1) is 12.7 Å². The Bertz CT molecular complexity index is 583. The van der Waals surface area contributed by atoms with Gasteiger partial charge < -0.3 is 9.47 Å². The molecule has 0 radical (unpaired) electrons. The Morgan fingerprint density at radius 2 is 2.23 bits per heavy atom. The molecule has 2 unspecified atom stereocenters. The van der Waals surface area contributed by atoms with Crippen LogP contribution in [0.1, 0.15) is 50.4 Å². The Balaban J connectivity index is 1.69. The van der Waals surface area contributed by atoms with Crippen LogP contribution in [0.25, 0.3) is 6.08 Å². The van der Waals surface area contributed by atoms with Gasteiger partial charge in [-0.15, -0.1) is 0 Å². The van der Waals surface area contributed by atoms with Crippen molar-refractivity contribution in [2.24, 2.45) is 5.92 Å². The second kappa shape index (κ2) is 6.31. The van der Waals surface area contributed by atoms with Gasteiger partial charge >= 0.3 is 0 Å². The summed E-state index contributed by atoms with van der Waals surface area (Å²) in [5.41, 5.74) is 3.45. The fraction of sp³-hybridized carbons (Fsp3) is 0.611. The van der Waals surface area contributed by atoms with E-state index in [1.807, 2.05) is 13.8 Å². The lowest BCUT2D eigenvalue weighted by atomic mass is 9.97. The number of halogens is 1. The van der Waals surface area contributed by atoms with Gasteiger partial charge in [-0.2, -0.15) is 0 Å². The van der Waals surface area contributed by atoms with Gasteiger partial charge in [0.1, 0.15) is 5.15 Å². The zero-order chi connectivity index (χ0) is 15.7. The monoisotopic (exact) mass is 321 g/mol. The fourth-order valence-corrected chi connectivity index (χ4v) is 3.54. The highest BCUT2D eigenvalue weighted by Crippen LogP contribution is 2.31. The number of ether oxygens (including phenoxy) is 2. The lowest BCUT2D eigenvalue weighted by Crippen LogP contribution is -2.22. The zero-order valence-electron chi connectivity index (χ0n) is 13.6. The largest absolute Gasteiger partial charge is 0.348 e. The molecule has 1 fully saturated rings. The Morgan fingerprint density at radius 1 is 1.41 bits per heavy atom. The third-order valence-corrected chi connectivity index (χ3v) is 4.80. The first-order valence-electron chi connectivity index (χ1n) is 8.15. The Labute approximate surface area is 137 Å². The molecule has 22 heavy (non-hydrogen) atoms. The summed E-state index contributed by atoms with van der Waals surface area (Å²) in [5, 5.41) is 0.655. The summed E-state index contributed by atoms with van der Waals surface area (Å²) in [7, 11) is 0. The molecular formula is C18H24ClNO2. The van der Waals surface area contributed by atoms with Crippen LogP contribution in [0.15, 0.2) is 12.1 Å². The second-order valence-corrected chi connectivity index (χ2v) is 7.03. The average Bonchev–Trinajstić information content (AvgIpc) is 2.69. The summed E-state index contributed by atoms with van der Waals surface area (Å²) >= 11 is 6.25. The van der Waals surface area contributed by atoms with Crippen molar-refractivity contribution < 1.29 is 9.47 Å². The number of allylic oxidation sites excluding steroid dienone is 1. The van der Waals surface area contributed by atoms with Crippen molar-refractivity contribution >= 4 is 17.7 Å². The van der Waals surface area contributed by atoms with Crippen molar-refractivity contribution in [2.75, 3.05) is 6.61 Å². The highest BCUT2D eigenvalue weighted by molar-refractivity contribution is 6.30. The maximum absolute atomic E-state index is 6.25. The van der Waals surface area contributed by atoms with Crippen LogP contribution >= 0.6 is 11.6 Å². The molecule has 3 nitrogen and oxygen atoms in total. The van der Waals surface area contributed by atoms with Crippen LogP contribution in [0, 0.1) is 5.92 Å². The minimum atomic E-state index is -0.437. The first kappa shape index (κ1) is 16.0. The SMILES string of the molecule is CCc1cc2c(nc1Cl)CCC(CC1COC(C)(C)O1)C=C2. The van der Waals surface area contributed by atoms with Crippen LogP contribution in [0.5, 0.6) is 0 Å². The molecule has 0 saturated carbocycles. The normalized spacial score (nSPS) is 26.7. The summed E-state index contributed by atoms with van der Waals surface area (Å²) in [6.45, 7) is 6.75. The second-order valence-electron chi connectivity index (χ2n) is 6.67. The van der Waals surface area contributed by atoms with Crippen molar-refractivity contribution in [1.82, 2.24) is 4.98 Å². The van der Waals surface area contributed by atoms with Gasteiger partial charge in [0.25, 0.3) is 0 Å². The summed E-state index contributed by atoms with van der Waals surface area (Å²) in [6.07, 6.45) is 8.66. The molecule has 2 aliphatic rings. The van der Waals surface area contributed by atoms with Gasteiger partial charge in [0.15, 0.2) is 5.79 Å². The quantitative estimate of drug-likeness (QED) is 0.772. The summed E-state index contributed by atoms with van der Waals surface area (Å²) in [6, 6.07) is 2.18. The third-order valence-electron chi connectivity index (χ3n) is 4.47. The average molecular weight is 322 g/mol. The number of hydrogen-bond acceptors (Lipinski definition) is 3. The van der Waals surface area contributed by atoms with Crippen molar-refractivity contribution in [1.29, 1.82) is 0 Å². The predicted octanol–water partition coefficient (Wildman–Crippen LogP) is 4.41. The van der Waals surface area contributed by atoms with Crippen LogP contribution in [0.4, 0.5) is 0 Å². The highest BCUT2D eigenvalue weighted by atomic mass is 35.5. The number of hydrogen-bond donors (Lipinski definition) is 0. The number of aryl methyl sites for hydroxylation is 2. The van der Waals surface area contributed by atoms with E-state index >= 15 is 0 Å². The van der Waals surface area contributed by atoms with Crippen LogP contribution < -0.4 is 0 Å². The molecule has 0 amide bonds. The predicted molar refractivity (Wildman–Crippen MR) is 89.0 cm³/mol. The first-order valence-corrected chi connectivity index (χ1v) is 8.53. The van der Waals surface area contributed by atoms with Gasteiger partial charge in [-0.25, -0.2) is 4.98 Å². The van der Waals surface area contributed by atoms with E-state index in [1.54, 1.807) is 0 Å². The standard InChI is InChI=1S/C18H24ClNO2/c1-4-13-10-14-7-5-12(6-8-16(14)20-17(13)19)9-15-11-21-18(2,3)22-15/h5,7,10,12,15H,4,6,8-9,11H2,1-3H3. The van der Waals surface area contributed by atoms with E-state index in [-0.39, 0.29) is 6.10 Å². The van der Waals surface area contributed by atoms with Crippen molar-refractivity contribution in [2.45, 2.75) is 58.3 Å². The molecule has 4 heteroatoms. The zero-order valence-corrected chi connectivity index (χ0v) is 14.3. The number of fused-ring (bicyclic) bond motifs is 1. The van der Waals surface area contributed by atoms with Crippen molar-refractivity contribution in [3.8, 4) is 0 Å². The molecule has 120 valence electrons. The topological polar surface area (TPSA) is 31.4 Å². The summed E-state index contributed by atoms with van der Waals surface area (Å²) in [5.74, 6) is 0.0632. The molecule has 1 aromatic heterocycles. The molecular weight excluding hydrogens is 298 g/mol. The molecule has 0 N–H and O–H groups in total. The van der Waals surface area contributed by atoms with Crippen LogP contribution in [0.2, 0.25) is 5.15 Å². The van der Waals surface area contributed by atoms with Gasteiger partial charge in [0.2, 0.25) is 0 Å². The van der Waals surface area contributed by atoms with Crippen LogP contribution in [-0.4, -0.2) is 23.5 Å². The van der Waals surface area contributed by atoms with Crippen molar-refractivity contribution in [3.05, 3.63) is 34.1 Å². The molecule has 0 aromatic carbocycles. The number of nitrogens with zero attached hydrogens (tertiary/aromatic N) is 1. The van der Waals surface area contributed by atoms with E-state index in [4.69, 9.17) is 21.1 Å². The molecule has 1 aliphatic carbocycles. The number of rotatable bonds is 3. The maximum atomic E-state index is 6.25. The lowest BCUT2D eigenvalue weighted by Gasteiger charge is -2.19. The van der Waals surface area contributed by atoms with E-state index < -0.39 is 5.79 Å². The number of pyridine rings is 1. The summed E-state index contributed by atoms with van der Waals surface area (Å²) in [4.78, 5) is 4.59. The van der Waals surface area contributed by atoms with Crippen LogP contribution in [-0.2, 0) is 22.3 Å². The fourth-order valence-electron chi connectivity index (χ4n) is 3.25. The smallest absolute Gasteiger partial charge is 0.163 e. The Morgan fingerprint density at radius 3 is 2.91 bits per heavy atom. The number of aromatic nitrogens is 1. The molecule has 0 spiro atoms. The first-order chi connectivity index (χ1) is 10.5.